The van der Waals surface area contributed by atoms with Gasteiger partial charge in [-0.25, -0.2) is 8.42 Å². The largest absolute Gasteiger partial charge is 0.224 e. The summed E-state index contributed by atoms with van der Waals surface area (Å²) in [4.78, 5) is 2.55. The quantitative estimate of drug-likeness (QED) is 0.803. The van der Waals surface area contributed by atoms with Crippen molar-refractivity contribution in [3.63, 3.8) is 0 Å². The van der Waals surface area contributed by atoms with Gasteiger partial charge in [-0.1, -0.05) is 36.9 Å². The topological polar surface area (TPSA) is 34.1 Å². The summed E-state index contributed by atoms with van der Waals surface area (Å²) in [5, 5.41) is 0. The Balaban J connectivity index is 2.12. The van der Waals surface area contributed by atoms with Crippen LogP contribution in [0.1, 0.15) is 6.92 Å². The average molecular weight is 339 g/mol. The van der Waals surface area contributed by atoms with Gasteiger partial charge in [-0.3, -0.25) is 0 Å². The molecular formula is C16H18O2S3. The van der Waals surface area contributed by atoms with Crippen LogP contribution in [0.25, 0.3) is 0 Å². The number of sulfone groups is 1. The van der Waals surface area contributed by atoms with Gasteiger partial charge in [0.15, 0.2) is 9.84 Å². The van der Waals surface area contributed by atoms with Gasteiger partial charge in [-0.05, 0) is 48.1 Å². The molecule has 0 N–H and O–H groups in total. The van der Waals surface area contributed by atoms with E-state index in [-0.39, 0.29) is 11.7 Å². The summed E-state index contributed by atoms with van der Waals surface area (Å²) in [5.74, 6) is 0.764. The van der Waals surface area contributed by atoms with Crippen LogP contribution in [-0.4, -0.2) is 19.9 Å². The first kappa shape index (κ1) is 16.5. The Kier molecular flexibility index (Phi) is 5.79. The van der Waals surface area contributed by atoms with Crippen molar-refractivity contribution in [3.8, 4) is 0 Å². The molecule has 21 heavy (non-hydrogen) atoms. The maximum absolute atomic E-state index is 12.2. The summed E-state index contributed by atoms with van der Waals surface area (Å²) in [6.07, 6.45) is 0. The van der Waals surface area contributed by atoms with Gasteiger partial charge in [0, 0.05) is 9.79 Å². The minimum atomic E-state index is -3.22. The van der Waals surface area contributed by atoms with Gasteiger partial charge >= 0.3 is 0 Å². The van der Waals surface area contributed by atoms with Crippen LogP contribution in [0, 0.1) is 5.92 Å². The highest BCUT2D eigenvalue weighted by Crippen LogP contribution is 2.28. The molecule has 0 bridgehead atoms. The van der Waals surface area contributed by atoms with Crippen molar-refractivity contribution in [2.24, 2.45) is 5.92 Å². The van der Waals surface area contributed by atoms with Gasteiger partial charge in [0.1, 0.15) is 0 Å². The van der Waals surface area contributed by atoms with Crippen molar-refractivity contribution in [2.75, 3.05) is 11.5 Å². The molecule has 0 amide bonds. The third-order valence-corrected chi connectivity index (χ3v) is 6.61. The minimum Gasteiger partial charge on any atom is -0.224 e. The molecule has 0 aliphatic heterocycles. The molecule has 0 spiro atoms. The first-order chi connectivity index (χ1) is 10.0. The molecule has 5 heteroatoms. The fourth-order valence-corrected chi connectivity index (χ4v) is 4.61. The van der Waals surface area contributed by atoms with E-state index in [1.54, 1.807) is 23.9 Å². The molecule has 0 aromatic heterocycles. The van der Waals surface area contributed by atoms with Gasteiger partial charge in [-0.15, -0.1) is 0 Å². The number of thiol groups is 1. The predicted molar refractivity (Wildman–Crippen MR) is 92.1 cm³/mol. The molecule has 0 saturated heterocycles. The first-order valence-electron chi connectivity index (χ1n) is 6.68. The average Bonchev–Trinajstić information content (AvgIpc) is 2.48. The van der Waals surface area contributed by atoms with E-state index in [1.807, 2.05) is 49.4 Å². The van der Waals surface area contributed by atoms with Gasteiger partial charge in [-0.2, -0.15) is 12.6 Å². The van der Waals surface area contributed by atoms with E-state index in [0.717, 1.165) is 9.79 Å². The van der Waals surface area contributed by atoms with Crippen molar-refractivity contribution >= 4 is 34.2 Å². The summed E-state index contributed by atoms with van der Waals surface area (Å²) in [5.41, 5.74) is 0. The van der Waals surface area contributed by atoms with E-state index in [2.05, 4.69) is 12.6 Å². The summed E-state index contributed by atoms with van der Waals surface area (Å²) in [6, 6.07) is 17.1. The van der Waals surface area contributed by atoms with Crippen LogP contribution in [-0.2, 0) is 9.84 Å². The molecule has 1 atom stereocenters. The van der Waals surface area contributed by atoms with Gasteiger partial charge < -0.3 is 0 Å². The van der Waals surface area contributed by atoms with E-state index in [9.17, 15) is 8.42 Å². The van der Waals surface area contributed by atoms with Crippen LogP contribution in [0.2, 0.25) is 0 Å². The lowest BCUT2D eigenvalue weighted by molar-refractivity contribution is 0.583. The Hall–Kier alpha value is -0.910. The molecule has 0 heterocycles. The molecule has 0 aliphatic rings. The van der Waals surface area contributed by atoms with E-state index in [0.29, 0.717) is 10.6 Å². The van der Waals surface area contributed by atoms with E-state index in [4.69, 9.17) is 0 Å². The Morgan fingerprint density at radius 2 is 1.57 bits per heavy atom. The summed E-state index contributed by atoms with van der Waals surface area (Å²) >= 11 is 5.76. The van der Waals surface area contributed by atoms with Crippen molar-refractivity contribution < 1.29 is 8.42 Å². The molecule has 1 unspecified atom stereocenters. The molecule has 2 aromatic carbocycles. The van der Waals surface area contributed by atoms with Gasteiger partial charge in [0.25, 0.3) is 0 Å². The van der Waals surface area contributed by atoms with Gasteiger partial charge in [0.05, 0.1) is 10.6 Å². The van der Waals surface area contributed by atoms with Crippen molar-refractivity contribution in [1.29, 1.82) is 0 Å². The highest BCUT2D eigenvalue weighted by atomic mass is 32.2. The minimum absolute atomic E-state index is 0.0525. The molecule has 0 radical (unpaired) electrons. The second-order valence-electron chi connectivity index (χ2n) is 4.96. The van der Waals surface area contributed by atoms with Crippen molar-refractivity contribution in [3.05, 3.63) is 54.6 Å². The highest BCUT2D eigenvalue weighted by Gasteiger charge is 2.17. The van der Waals surface area contributed by atoms with Crippen LogP contribution < -0.4 is 0 Å². The first-order valence-corrected chi connectivity index (χ1v) is 9.78. The molecule has 0 fully saturated rings. The maximum atomic E-state index is 12.2. The van der Waals surface area contributed by atoms with Crippen LogP contribution in [0.3, 0.4) is 0 Å². The zero-order chi connectivity index (χ0) is 15.3. The standard InChI is InChI=1S/C16H18O2S3/c1-13(11-19)12-21(17,18)16-9-7-15(8-10-16)20-14-5-3-2-4-6-14/h2-10,13,19H,11-12H2,1H3. The fourth-order valence-electron chi connectivity index (χ4n) is 1.86. The van der Waals surface area contributed by atoms with Crippen LogP contribution >= 0.6 is 24.4 Å². The molecule has 2 nitrogen and oxygen atoms in total. The zero-order valence-electron chi connectivity index (χ0n) is 11.8. The Labute approximate surface area is 136 Å². The summed E-state index contributed by atoms with van der Waals surface area (Å²) in [6.45, 7) is 1.89. The number of hydrogen-bond acceptors (Lipinski definition) is 4. The Bertz CT molecular complexity index is 664. The fraction of sp³-hybridized carbons (Fsp3) is 0.250. The van der Waals surface area contributed by atoms with Crippen LogP contribution in [0.4, 0.5) is 0 Å². The normalized spacial score (nSPS) is 13.0. The molecule has 2 aromatic rings. The number of rotatable bonds is 6. The number of hydrogen-bond donors (Lipinski definition) is 1. The third-order valence-electron chi connectivity index (χ3n) is 2.98. The summed E-state index contributed by atoms with van der Waals surface area (Å²) < 4.78 is 24.5. The van der Waals surface area contributed by atoms with E-state index < -0.39 is 9.84 Å². The molecule has 112 valence electrons. The van der Waals surface area contributed by atoms with Crippen molar-refractivity contribution in [1.82, 2.24) is 0 Å². The lowest BCUT2D eigenvalue weighted by atomic mass is 10.3. The summed E-state index contributed by atoms with van der Waals surface area (Å²) in [7, 11) is -3.22. The monoisotopic (exact) mass is 338 g/mol. The third kappa shape index (κ3) is 4.80. The number of benzene rings is 2. The lowest BCUT2D eigenvalue weighted by Gasteiger charge is -2.09. The maximum Gasteiger partial charge on any atom is 0.178 e. The highest BCUT2D eigenvalue weighted by molar-refractivity contribution is 7.99. The van der Waals surface area contributed by atoms with Crippen LogP contribution in [0.5, 0.6) is 0 Å². The smallest absolute Gasteiger partial charge is 0.178 e. The predicted octanol–water partition coefficient (Wildman–Crippen LogP) is 4.18. The Morgan fingerprint density at radius 3 is 2.14 bits per heavy atom. The molecule has 0 aliphatic carbocycles. The second kappa shape index (κ2) is 7.38. The molecule has 2 rings (SSSR count). The molecule has 0 saturated carbocycles. The lowest BCUT2D eigenvalue weighted by Crippen LogP contribution is -2.15. The van der Waals surface area contributed by atoms with Crippen molar-refractivity contribution in [2.45, 2.75) is 21.6 Å². The Morgan fingerprint density at radius 1 is 1.00 bits per heavy atom. The van der Waals surface area contributed by atoms with Crippen LogP contribution in [0.15, 0.2) is 69.3 Å². The SMILES string of the molecule is CC(CS)CS(=O)(=O)c1ccc(Sc2ccccc2)cc1. The van der Waals surface area contributed by atoms with E-state index >= 15 is 0 Å². The second-order valence-corrected chi connectivity index (χ2v) is 8.50. The van der Waals surface area contributed by atoms with Gasteiger partial charge in [0.2, 0.25) is 0 Å². The molecular weight excluding hydrogens is 320 g/mol. The van der Waals surface area contributed by atoms with E-state index in [1.165, 1.54) is 0 Å². The zero-order valence-corrected chi connectivity index (χ0v) is 14.3.